The van der Waals surface area contributed by atoms with Crippen LogP contribution >= 0.6 is 0 Å². The van der Waals surface area contributed by atoms with Crippen molar-refractivity contribution in [3.8, 4) is 0 Å². The van der Waals surface area contributed by atoms with Crippen LogP contribution in [0.5, 0.6) is 0 Å². The third-order valence-corrected chi connectivity index (χ3v) is 3.21. The van der Waals surface area contributed by atoms with Gasteiger partial charge in [-0.3, -0.25) is 4.98 Å². The Morgan fingerprint density at radius 3 is 2.71 bits per heavy atom. The van der Waals surface area contributed by atoms with Gasteiger partial charge in [0.2, 0.25) is 0 Å². The number of aromatic nitrogens is 1. The van der Waals surface area contributed by atoms with Crippen LogP contribution in [0.1, 0.15) is 34.6 Å². The molecule has 0 fully saturated rings. The quantitative estimate of drug-likeness (QED) is 0.860. The Hall–Kier alpha value is -2.27. The number of halogens is 1. The summed E-state index contributed by atoms with van der Waals surface area (Å²) in [5, 5.41) is 3.20. The number of ether oxygens (including phenoxy) is 1. The highest BCUT2D eigenvalue weighted by Gasteiger charge is 2.10. The van der Waals surface area contributed by atoms with Crippen molar-refractivity contribution in [2.24, 2.45) is 0 Å². The van der Waals surface area contributed by atoms with Crippen molar-refractivity contribution in [3.05, 3.63) is 65.2 Å². The Morgan fingerprint density at radius 1 is 1.33 bits per heavy atom. The van der Waals surface area contributed by atoms with Gasteiger partial charge in [-0.05, 0) is 25.1 Å². The highest BCUT2D eigenvalue weighted by atomic mass is 19.1. The number of carbonyl (C=O) groups excluding carboxylic acids is 1. The highest BCUT2D eigenvalue weighted by molar-refractivity contribution is 5.88. The van der Waals surface area contributed by atoms with Crippen molar-refractivity contribution in [2.45, 2.75) is 19.5 Å². The first-order valence-corrected chi connectivity index (χ1v) is 6.63. The molecule has 1 unspecified atom stereocenters. The zero-order valence-electron chi connectivity index (χ0n) is 12.0. The van der Waals surface area contributed by atoms with Crippen molar-refractivity contribution < 1.29 is 13.9 Å². The van der Waals surface area contributed by atoms with Crippen molar-refractivity contribution in [1.82, 2.24) is 10.3 Å². The molecule has 0 radical (unpaired) electrons. The summed E-state index contributed by atoms with van der Waals surface area (Å²) >= 11 is 0. The van der Waals surface area contributed by atoms with E-state index < -0.39 is 5.97 Å². The molecule has 0 amide bonds. The number of rotatable bonds is 5. The SMILES string of the molecule is COC(=O)c1ccc(CNC(C)c2ccccc2F)nc1. The first kappa shape index (κ1) is 15.1. The lowest BCUT2D eigenvalue weighted by Gasteiger charge is -2.14. The normalized spacial score (nSPS) is 12.0. The van der Waals surface area contributed by atoms with E-state index in [2.05, 4.69) is 15.0 Å². The number of benzene rings is 1. The molecule has 110 valence electrons. The van der Waals surface area contributed by atoms with Crippen molar-refractivity contribution in [2.75, 3.05) is 7.11 Å². The molecule has 21 heavy (non-hydrogen) atoms. The van der Waals surface area contributed by atoms with Gasteiger partial charge in [0.25, 0.3) is 0 Å². The number of hydrogen-bond acceptors (Lipinski definition) is 4. The summed E-state index contributed by atoms with van der Waals surface area (Å²) in [6.07, 6.45) is 1.47. The third kappa shape index (κ3) is 3.86. The molecule has 1 atom stereocenters. The van der Waals surface area contributed by atoms with E-state index in [1.165, 1.54) is 19.4 Å². The maximum absolute atomic E-state index is 13.6. The molecular formula is C16H17FN2O2. The van der Waals surface area contributed by atoms with Crippen LogP contribution in [0.3, 0.4) is 0 Å². The molecule has 1 N–H and O–H groups in total. The molecule has 0 spiro atoms. The summed E-state index contributed by atoms with van der Waals surface area (Å²) in [5.74, 6) is -0.645. The topological polar surface area (TPSA) is 51.2 Å². The zero-order valence-corrected chi connectivity index (χ0v) is 12.0. The highest BCUT2D eigenvalue weighted by Crippen LogP contribution is 2.16. The molecule has 4 nitrogen and oxygen atoms in total. The van der Waals surface area contributed by atoms with Crippen molar-refractivity contribution >= 4 is 5.97 Å². The minimum absolute atomic E-state index is 0.131. The Balaban J connectivity index is 1.97. The second-order valence-electron chi connectivity index (χ2n) is 4.65. The molecule has 1 aromatic carbocycles. The van der Waals surface area contributed by atoms with E-state index in [1.807, 2.05) is 6.92 Å². The van der Waals surface area contributed by atoms with Gasteiger partial charge in [0.1, 0.15) is 5.82 Å². The molecule has 0 aliphatic carbocycles. The molecule has 0 saturated heterocycles. The minimum Gasteiger partial charge on any atom is -0.465 e. The molecule has 0 aliphatic heterocycles. The monoisotopic (exact) mass is 288 g/mol. The van der Waals surface area contributed by atoms with Gasteiger partial charge in [0, 0.05) is 24.3 Å². The number of nitrogens with one attached hydrogen (secondary N) is 1. The number of pyridine rings is 1. The summed E-state index contributed by atoms with van der Waals surface area (Å²) in [7, 11) is 1.33. The summed E-state index contributed by atoms with van der Waals surface area (Å²) in [6, 6.07) is 9.93. The predicted octanol–water partition coefficient (Wildman–Crippen LogP) is 2.86. The van der Waals surface area contributed by atoms with Crippen LogP contribution in [0.15, 0.2) is 42.6 Å². The molecule has 2 rings (SSSR count). The Bertz CT molecular complexity index is 614. The van der Waals surface area contributed by atoms with Crippen LogP contribution in [0.4, 0.5) is 4.39 Å². The van der Waals surface area contributed by atoms with Gasteiger partial charge in [0.05, 0.1) is 18.4 Å². The van der Waals surface area contributed by atoms with Gasteiger partial charge in [-0.1, -0.05) is 18.2 Å². The fourth-order valence-corrected chi connectivity index (χ4v) is 1.96. The van der Waals surface area contributed by atoms with Gasteiger partial charge in [-0.15, -0.1) is 0 Å². The van der Waals surface area contributed by atoms with Gasteiger partial charge < -0.3 is 10.1 Å². The summed E-state index contributed by atoms with van der Waals surface area (Å²) in [6.45, 7) is 2.37. The van der Waals surface area contributed by atoms with Crippen LogP contribution in [-0.2, 0) is 11.3 Å². The average molecular weight is 288 g/mol. The Labute approximate surface area is 123 Å². The lowest BCUT2D eigenvalue weighted by Crippen LogP contribution is -2.19. The number of methoxy groups -OCH3 is 1. The molecular weight excluding hydrogens is 271 g/mol. The van der Waals surface area contributed by atoms with Gasteiger partial charge >= 0.3 is 5.97 Å². The molecule has 2 aromatic rings. The zero-order chi connectivity index (χ0) is 15.2. The maximum atomic E-state index is 13.6. The maximum Gasteiger partial charge on any atom is 0.339 e. The van der Waals surface area contributed by atoms with E-state index in [0.29, 0.717) is 17.7 Å². The standard InChI is InChI=1S/C16H17FN2O2/c1-11(14-5-3-4-6-15(14)17)18-10-13-8-7-12(9-19-13)16(20)21-2/h3-9,11,18H,10H2,1-2H3. The van der Waals surface area contributed by atoms with E-state index in [4.69, 9.17) is 0 Å². The second kappa shape index (κ2) is 6.95. The molecule has 0 aliphatic rings. The lowest BCUT2D eigenvalue weighted by molar-refractivity contribution is 0.0600. The second-order valence-corrected chi connectivity index (χ2v) is 4.65. The largest absolute Gasteiger partial charge is 0.465 e. The lowest BCUT2D eigenvalue weighted by atomic mass is 10.1. The minimum atomic E-state index is -0.415. The Morgan fingerprint density at radius 2 is 2.10 bits per heavy atom. The molecule has 5 heteroatoms. The molecule has 1 aromatic heterocycles. The molecule has 0 bridgehead atoms. The van der Waals surface area contributed by atoms with Crippen LogP contribution in [0.25, 0.3) is 0 Å². The van der Waals surface area contributed by atoms with Crippen LogP contribution in [0, 0.1) is 5.82 Å². The van der Waals surface area contributed by atoms with E-state index in [-0.39, 0.29) is 11.9 Å². The first-order chi connectivity index (χ1) is 10.1. The van der Waals surface area contributed by atoms with E-state index >= 15 is 0 Å². The number of esters is 1. The van der Waals surface area contributed by atoms with E-state index in [1.54, 1.807) is 30.3 Å². The van der Waals surface area contributed by atoms with Gasteiger partial charge in [-0.2, -0.15) is 0 Å². The summed E-state index contributed by atoms with van der Waals surface area (Å²) in [4.78, 5) is 15.5. The number of carbonyl (C=O) groups is 1. The number of hydrogen-bond donors (Lipinski definition) is 1. The summed E-state index contributed by atoms with van der Waals surface area (Å²) in [5.41, 5.74) is 1.79. The third-order valence-electron chi connectivity index (χ3n) is 3.21. The van der Waals surface area contributed by atoms with Gasteiger partial charge in [-0.25, -0.2) is 9.18 Å². The first-order valence-electron chi connectivity index (χ1n) is 6.63. The fraction of sp³-hybridized carbons (Fsp3) is 0.250. The van der Waals surface area contributed by atoms with Gasteiger partial charge in [0.15, 0.2) is 0 Å². The van der Waals surface area contributed by atoms with Crippen LogP contribution in [0.2, 0.25) is 0 Å². The van der Waals surface area contributed by atoms with E-state index in [0.717, 1.165) is 5.69 Å². The smallest absolute Gasteiger partial charge is 0.339 e. The average Bonchev–Trinajstić information content (AvgIpc) is 2.52. The molecule has 1 heterocycles. The van der Waals surface area contributed by atoms with E-state index in [9.17, 15) is 9.18 Å². The van der Waals surface area contributed by atoms with Crippen LogP contribution < -0.4 is 5.32 Å². The number of nitrogens with zero attached hydrogens (tertiary/aromatic N) is 1. The fourth-order valence-electron chi connectivity index (χ4n) is 1.96. The molecule has 0 saturated carbocycles. The van der Waals surface area contributed by atoms with Crippen LogP contribution in [-0.4, -0.2) is 18.1 Å². The van der Waals surface area contributed by atoms with Crippen molar-refractivity contribution in [1.29, 1.82) is 0 Å². The Kier molecular flexibility index (Phi) is 5.00. The van der Waals surface area contributed by atoms with Crippen molar-refractivity contribution in [3.63, 3.8) is 0 Å². The predicted molar refractivity (Wildman–Crippen MR) is 77.2 cm³/mol. The summed E-state index contributed by atoms with van der Waals surface area (Å²) < 4.78 is 18.2.